The highest BCUT2D eigenvalue weighted by molar-refractivity contribution is 7.99. The molecule has 1 fully saturated rings. The summed E-state index contributed by atoms with van der Waals surface area (Å²) in [5, 5.41) is 8.69. The molecule has 6 heteroatoms. The Bertz CT molecular complexity index is 568. The molecule has 0 bridgehead atoms. The smallest absolute Gasteiger partial charge is 0.238 e. The van der Waals surface area contributed by atoms with Crippen LogP contribution in [-0.2, 0) is 16.4 Å². The van der Waals surface area contributed by atoms with Crippen molar-refractivity contribution in [2.45, 2.75) is 37.6 Å². The zero-order valence-corrected chi connectivity index (χ0v) is 14.3. The molecule has 1 aromatic rings. The number of benzene rings is 1. The summed E-state index contributed by atoms with van der Waals surface area (Å²) in [5.74, 6) is 2.41. The van der Waals surface area contributed by atoms with Crippen molar-refractivity contribution in [1.29, 1.82) is 0 Å². The molecule has 1 aliphatic heterocycles. The van der Waals surface area contributed by atoms with Gasteiger partial charge >= 0.3 is 0 Å². The molecule has 118 valence electrons. The zero-order chi connectivity index (χ0) is 15.5. The molecule has 0 aromatic heterocycles. The van der Waals surface area contributed by atoms with Gasteiger partial charge in [-0.05, 0) is 48.3 Å². The summed E-state index contributed by atoms with van der Waals surface area (Å²) in [5.41, 5.74) is 1.54. The van der Waals surface area contributed by atoms with Crippen LogP contribution >= 0.6 is 11.8 Å². The SMILES string of the molecule is CC1(C)CSCC(NCCc2ccc(S(N)(=O)=O)cc2)C1. The van der Waals surface area contributed by atoms with E-state index in [4.69, 9.17) is 5.14 Å². The second kappa shape index (κ2) is 6.69. The van der Waals surface area contributed by atoms with Crippen molar-refractivity contribution in [3.63, 3.8) is 0 Å². The monoisotopic (exact) mass is 328 g/mol. The van der Waals surface area contributed by atoms with Crippen molar-refractivity contribution in [3.05, 3.63) is 29.8 Å². The first kappa shape index (κ1) is 16.8. The normalized spacial score (nSPS) is 22.1. The third-order valence-electron chi connectivity index (χ3n) is 3.71. The van der Waals surface area contributed by atoms with E-state index < -0.39 is 10.0 Å². The van der Waals surface area contributed by atoms with E-state index in [1.54, 1.807) is 12.1 Å². The van der Waals surface area contributed by atoms with E-state index in [9.17, 15) is 8.42 Å². The number of hydrogen-bond acceptors (Lipinski definition) is 4. The minimum absolute atomic E-state index is 0.171. The fourth-order valence-corrected chi connectivity index (χ4v) is 4.48. The van der Waals surface area contributed by atoms with Crippen LogP contribution in [0.4, 0.5) is 0 Å². The molecule has 0 amide bonds. The molecule has 4 nitrogen and oxygen atoms in total. The summed E-state index contributed by atoms with van der Waals surface area (Å²) in [7, 11) is -3.59. The second-order valence-corrected chi connectivity index (χ2v) is 9.07. The average Bonchev–Trinajstić information content (AvgIpc) is 2.37. The molecule has 1 aliphatic rings. The van der Waals surface area contributed by atoms with Gasteiger partial charge in [0, 0.05) is 11.8 Å². The molecule has 0 radical (unpaired) electrons. The van der Waals surface area contributed by atoms with Crippen molar-refractivity contribution in [3.8, 4) is 0 Å². The number of hydrogen-bond donors (Lipinski definition) is 2. The van der Waals surface area contributed by atoms with Crippen LogP contribution in [0.5, 0.6) is 0 Å². The maximum atomic E-state index is 11.2. The van der Waals surface area contributed by atoms with Gasteiger partial charge in [0.15, 0.2) is 0 Å². The van der Waals surface area contributed by atoms with E-state index in [0.29, 0.717) is 11.5 Å². The van der Waals surface area contributed by atoms with Gasteiger partial charge in [0.1, 0.15) is 0 Å². The Morgan fingerprint density at radius 1 is 1.33 bits per heavy atom. The molecule has 1 unspecified atom stereocenters. The van der Waals surface area contributed by atoms with Gasteiger partial charge in [-0.1, -0.05) is 26.0 Å². The van der Waals surface area contributed by atoms with Crippen molar-refractivity contribution in [1.82, 2.24) is 5.32 Å². The lowest BCUT2D eigenvalue weighted by atomic mass is 9.88. The predicted octanol–water partition coefficient (Wildman–Crippen LogP) is 2.00. The fraction of sp³-hybridized carbons (Fsp3) is 0.600. The lowest BCUT2D eigenvalue weighted by Gasteiger charge is -2.35. The number of sulfonamides is 1. The quantitative estimate of drug-likeness (QED) is 0.867. The predicted molar refractivity (Wildman–Crippen MR) is 89.0 cm³/mol. The molecule has 1 heterocycles. The highest BCUT2D eigenvalue weighted by Crippen LogP contribution is 2.33. The Hall–Kier alpha value is -0.560. The fourth-order valence-electron chi connectivity index (χ4n) is 2.66. The van der Waals surface area contributed by atoms with E-state index in [0.717, 1.165) is 18.5 Å². The second-order valence-electron chi connectivity index (χ2n) is 6.47. The van der Waals surface area contributed by atoms with Crippen molar-refractivity contribution in [2.24, 2.45) is 10.6 Å². The van der Waals surface area contributed by atoms with E-state index in [1.165, 1.54) is 17.9 Å². The van der Waals surface area contributed by atoms with Gasteiger partial charge in [0.2, 0.25) is 10.0 Å². The minimum Gasteiger partial charge on any atom is -0.313 e. The van der Waals surface area contributed by atoms with Crippen LogP contribution in [0.3, 0.4) is 0 Å². The third-order valence-corrected chi connectivity index (χ3v) is 6.26. The maximum absolute atomic E-state index is 11.2. The molecule has 2 rings (SSSR count). The molecule has 21 heavy (non-hydrogen) atoms. The van der Waals surface area contributed by atoms with E-state index in [2.05, 4.69) is 19.2 Å². The van der Waals surface area contributed by atoms with E-state index in [-0.39, 0.29) is 4.90 Å². The highest BCUT2D eigenvalue weighted by Gasteiger charge is 2.27. The molecule has 3 N–H and O–H groups in total. The topological polar surface area (TPSA) is 72.2 Å². The van der Waals surface area contributed by atoms with Gasteiger partial charge in [0.25, 0.3) is 0 Å². The molecule has 0 saturated carbocycles. The summed E-state index contributed by atoms with van der Waals surface area (Å²) in [6.45, 7) is 5.55. The van der Waals surface area contributed by atoms with Crippen LogP contribution in [-0.4, -0.2) is 32.5 Å². The Morgan fingerprint density at radius 3 is 2.57 bits per heavy atom. The van der Waals surface area contributed by atoms with Crippen LogP contribution < -0.4 is 10.5 Å². The summed E-state index contributed by atoms with van der Waals surface area (Å²) in [6, 6.07) is 7.39. The lowest BCUT2D eigenvalue weighted by Crippen LogP contribution is -2.41. The van der Waals surface area contributed by atoms with Gasteiger partial charge in [0.05, 0.1) is 4.90 Å². The Balaban J connectivity index is 1.81. The third kappa shape index (κ3) is 5.29. The standard InChI is InChI=1S/C15H24N2O2S2/c1-15(2)9-13(10-20-11-15)17-8-7-12-3-5-14(6-4-12)21(16,18)19/h3-6,13,17H,7-11H2,1-2H3,(H2,16,18,19). The van der Waals surface area contributed by atoms with Crippen molar-refractivity contribution >= 4 is 21.8 Å². The lowest BCUT2D eigenvalue weighted by molar-refractivity contribution is 0.319. The van der Waals surface area contributed by atoms with Gasteiger partial charge in [-0.25, -0.2) is 13.6 Å². The van der Waals surface area contributed by atoms with Gasteiger partial charge < -0.3 is 5.32 Å². The Labute approximate surface area is 131 Å². The van der Waals surface area contributed by atoms with Crippen LogP contribution in [0.25, 0.3) is 0 Å². The van der Waals surface area contributed by atoms with Crippen LogP contribution in [0.1, 0.15) is 25.8 Å². The van der Waals surface area contributed by atoms with Gasteiger partial charge in [-0.15, -0.1) is 0 Å². The van der Waals surface area contributed by atoms with Crippen molar-refractivity contribution < 1.29 is 8.42 Å². The zero-order valence-electron chi connectivity index (χ0n) is 12.6. The van der Waals surface area contributed by atoms with Crippen LogP contribution in [0, 0.1) is 5.41 Å². The average molecular weight is 329 g/mol. The Kier molecular flexibility index (Phi) is 5.35. The van der Waals surface area contributed by atoms with Gasteiger partial charge in [-0.2, -0.15) is 11.8 Å². The van der Waals surface area contributed by atoms with E-state index in [1.807, 2.05) is 23.9 Å². The summed E-state index contributed by atoms with van der Waals surface area (Å²) in [6.07, 6.45) is 2.11. The Morgan fingerprint density at radius 2 is 2.00 bits per heavy atom. The minimum atomic E-state index is -3.59. The molecule has 1 saturated heterocycles. The van der Waals surface area contributed by atoms with Crippen LogP contribution in [0.2, 0.25) is 0 Å². The number of primary sulfonamides is 1. The molecule has 0 spiro atoms. The maximum Gasteiger partial charge on any atom is 0.238 e. The number of nitrogens with two attached hydrogens (primary N) is 1. The summed E-state index contributed by atoms with van der Waals surface area (Å²) in [4.78, 5) is 0.171. The largest absolute Gasteiger partial charge is 0.313 e. The number of thioether (sulfide) groups is 1. The number of rotatable bonds is 5. The molecule has 0 aliphatic carbocycles. The molecule has 1 atom stereocenters. The van der Waals surface area contributed by atoms with Crippen LogP contribution in [0.15, 0.2) is 29.2 Å². The van der Waals surface area contributed by atoms with E-state index >= 15 is 0 Å². The summed E-state index contributed by atoms with van der Waals surface area (Å²) < 4.78 is 22.4. The molecular formula is C15H24N2O2S2. The molecule has 1 aromatic carbocycles. The first-order valence-electron chi connectivity index (χ1n) is 7.19. The molecular weight excluding hydrogens is 304 g/mol. The number of nitrogens with one attached hydrogen (secondary N) is 1. The highest BCUT2D eigenvalue weighted by atomic mass is 32.2. The first-order valence-corrected chi connectivity index (χ1v) is 9.89. The van der Waals surface area contributed by atoms with Gasteiger partial charge in [-0.3, -0.25) is 0 Å². The summed E-state index contributed by atoms with van der Waals surface area (Å²) >= 11 is 2.02. The van der Waals surface area contributed by atoms with Crippen molar-refractivity contribution in [2.75, 3.05) is 18.1 Å². The first-order chi connectivity index (χ1) is 9.76.